The molecule has 2 N–H and O–H groups in total. The van der Waals surface area contributed by atoms with Crippen molar-refractivity contribution in [2.45, 2.75) is 31.1 Å². The summed E-state index contributed by atoms with van der Waals surface area (Å²) in [4.78, 5) is 42.1. The van der Waals surface area contributed by atoms with E-state index in [0.717, 1.165) is 0 Å². The molecule has 0 aliphatic carbocycles. The van der Waals surface area contributed by atoms with Gasteiger partial charge in [0.15, 0.2) is 5.16 Å². The van der Waals surface area contributed by atoms with Gasteiger partial charge in [0.25, 0.3) is 11.5 Å². The molecule has 0 saturated heterocycles. The van der Waals surface area contributed by atoms with Crippen LogP contribution in [0.3, 0.4) is 0 Å². The maximum Gasteiger partial charge on any atom is 0.407 e. The second kappa shape index (κ2) is 7.43. The number of nitrogens with zero attached hydrogens (tertiary/aromatic N) is 3. The van der Waals surface area contributed by atoms with Crippen molar-refractivity contribution >= 4 is 23.8 Å². The van der Waals surface area contributed by atoms with E-state index in [2.05, 4.69) is 10.3 Å². The molecule has 0 saturated carbocycles. The average Bonchev–Trinajstić information content (AvgIpc) is 2.67. The van der Waals surface area contributed by atoms with Crippen LogP contribution >= 0.6 is 11.8 Å². The monoisotopic (exact) mass is 388 g/mol. The van der Waals surface area contributed by atoms with Crippen LogP contribution in [0.15, 0.2) is 34.2 Å². The van der Waals surface area contributed by atoms with Crippen LogP contribution in [-0.4, -0.2) is 50.9 Å². The molecule has 1 atom stereocenters. The highest BCUT2D eigenvalue weighted by molar-refractivity contribution is 7.98. The predicted molar refractivity (Wildman–Crippen MR) is 102 cm³/mol. The smallest absolute Gasteiger partial charge is 0.407 e. The van der Waals surface area contributed by atoms with Crippen LogP contribution in [0.1, 0.15) is 28.5 Å². The second-order valence-corrected chi connectivity index (χ2v) is 7.03. The zero-order valence-corrected chi connectivity index (χ0v) is 16.0. The largest absolute Gasteiger partial charge is 0.465 e. The van der Waals surface area contributed by atoms with E-state index in [1.165, 1.54) is 21.2 Å². The van der Waals surface area contributed by atoms with E-state index in [1.54, 1.807) is 38.2 Å². The minimum atomic E-state index is -1.02. The number of fused-ring (bicyclic) bond motifs is 1. The van der Waals surface area contributed by atoms with Gasteiger partial charge in [-0.15, -0.1) is 0 Å². The lowest BCUT2D eigenvalue weighted by molar-refractivity contribution is 0.0962. The van der Waals surface area contributed by atoms with Crippen LogP contribution in [0.4, 0.5) is 4.79 Å². The number of hydrogen-bond acceptors (Lipinski definition) is 5. The molecule has 1 aromatic carbocycles. The number of benzene rings is 1. The summed E-state index contributed by atoms with van der Waals surface area (Å²) in [5.41, 5.74) is 1.95. The summed E-state index contributed by atoms with van der Waals surface area (Å²) in [6, 6.07) is 6.41. The van der Waals surface area contributed by atoms with Crippen molar-refractivity contribution in [1.29, 1.82) is 0 Å². The number of amides is 2. The summed E-state index contributed by atoms with van der Waals surface area (Å²) in [5.74, 6) is -0.204. The molecule has 1 aliphatic rings. The number of carbonyl (C=O) groups is 2. The van der Waals surface area contributed by atoms with Crippen LogP contribution in [0, 0.1) is 0 Å². The van der Waals surface area contributed by atoms with Crippen molar-refractivity contribution in [3.8, 4) is 5.69 Å². The van der Waals surface area contributed by atoms with E-state index >= 15 is 0 Å². The number of carbonyl (C=O) groups excluding carboxylic acids is 1. The number of hydrogen-bond donors (Lipinski definition) is 2. The number of aromatic nitrogens is 2. The highest BCUT2D eigenvalue weighted by Crippen LogP contribution is 2.24. The standard InChI is InChI=1S/C18H20N4O4S/c1-10-8-13-14(9-21(10)18(25)26)20-17(27-3)22(16(13)24)12-6-4-11(5-7-12)15(23)19-2/h4-7,10H,8-9H2,1-3H3,(H,19,23)(H,25,26)/t10-/m1/s1. The van der Waals surface area contributed by atoms with Gasteiger partial charge in [-0.2, -0.15) is 0 Å². The Hall–Kier alpha value is -2.81. The topological polar surface area (TPSA) is 105 Å². The van der Waals surface area contributed by atoms with Gasteiger partial charge < -0.3 is 10.4 Å². The van der Waals surface area contributed by atoms with Crippen LogP contribution in [0.25, 0.3) is 5.69 Å². The molecule has 1 aliphatic heterocycles. The summed E-state index contributed by atoms with van der Waals surface area (Å²) in [6.45, 7) is 1.88. The molecule has 2 aromatic rings. The molecule has 142 valence electrons. The predicted octanol–water partition coefficient (Wildman–Crippen LogP) is 1.74. The van der Waals surface area contributed by atoms with Crippen molar-refractivity contribution < 1.29 is 14.7 Å². The van der Waals surface area contributed by atoms with Crippen LogP contribution < -0.4 is 10.9 Å². The summed E-state index contributed by atoms with van der Waals surface area (Å²) >= 11 is 1.31. The molecule has 1 aromatic heterocycles. The number of nitrogens with one attached hydrogen (secondary N) is 1. The number of carboxylic acid groups (broad SMARTS) is 1. The Morgan fingerprint density at radius 1 is 1.30 bits per heavy atom. The molecular weight excluding hydrogens is 368 g/mol. The third-order valence-corrected chi connectivity index (χ3v) is 5.27. The molecule has 0 fully saturated rings. The summed E-state index contributed by atoms with van der Waals surface area (Å²) in [7, 11) is 1.56. The quantitative estimate of drug-likeness (QED) is 0.613. The van der Waals surface area contributed by atoms with Gasteiger partial charge >= 0.3 is 6.09 Å². The van der Waals surface area contributed by atoms with E-state index in [9.17, 15) is 19.5 Å². The zero-order chi connectivity index (χ0) is 19.7. The van der Waals surface area contributed by atoms with Crippen molar-refractivity contribution in [2.75, 3.05) is 13.3 Å². The summed E-state index contributed by atoms with van der Waals surface area (Å²) in [5, 5.41) is 12.4. The molecule has 0 bridgehead atoms. The van der Waals surface area contributed by atoms with E-state index in [-0.39, 0.29) is 24.1 Å². The molecular formula is C18H20N4O4S. The van der Waals surface area contributed by atoms with Crippen LogP contribution in [-0.2, 0) is 13.0 Å². The lowest BCUT2D eigenvalue weighted by atomic mass is 10.0. The first-order valence-electron chi connectivity index (χ1n) is 8.38. The Morgan fingerprint density at radius 3 is 2.52 bits per heavy atom. The SMILES string of the molecule is CNC(=O)c1ccc(-n2c(SC)nc3c(c2=O)C[C@@H](C)N(C(=O)O)C3)cc1. The lowest BCUT2D eigenvalue weighted by Gasteiger charge is -2.32. The Kier molecular flexibility index (Phi) is 5.22. The molecule has 2 heterocycles. The van der Waals surface area contributed by atoms with Gasteiger partial charge in [-0.05, 0) is 37.4 Å². The van der Waals surface area contributed by atoms with Gasteiger partial charge in [0.2, 0.25) is 0 Å². The molecule has 8 nitrogen and oxygen atoms in total. The number of rotatable bonds is 3. The Balaban J connectivity index is 2.10. The molecule has 3 rings (SSSR count). The van der Waals surface area contributed by atoms with Gasteiger partial charge in [0.1, 0.15) is 0 Å². The highest BCUT2D eigenvalue weighted by atomic mass is 32.2. The average molecular weight is 388 g/mol. The molecule has 0 unspecified atom stereocenters. The Labute approximate surface area is 160 Å². The molecule has 27 heavy (non-hydrogen) atoms. The summed E-state index contributed by atoms with van der Waals surface area (Å²) in [6.07, 6.45) is 1.11. The van der Waals surface area contributed by atoms with Gasteiger partial charge in [-0.25, -0.2) is 9.78 Å². The first kappa shape index (κ1) is 19.0. The third kappa shape index (κ3) is 3.42. The van der Waals surface area contributed by atoms with E-state index < -0.39 is 6.09 Å². The maximum absolute atomic E-state index is 13.2. The molecule has 9 heteroatoms. The number of thioether (sulfide) groups is 1. The van der Waals surface area contributed by atoms with Crippen molar-refractivity contribution in [2.24, 2.45) is 0 Å². The normalized spacial score (nSPS) is 16.0. The Morgan fingerprint density at radius 2 is 1.96 bits per heavy atom. The third-order valence-electron chi connectivity index (χ3n) is 4.63. The van der Waals surface area contributed by atoms with E-state index in [0.29, 0.717) is 34.1 Å². The van der Waals surface area contributed by atoms with Gasteiger partial charge in [-0.3, -0.25) is 19.1 Å². The minimum absolute atomic E-state index is 0.102. The maximum atomic E-state index is 13.2. The van der Waals surface area contributed by atoms with E-state index in [1.807, 2.05) is 6.26 Å². The molecule has 0 spiro atoms. The Bertz CT molecular complexity index is 955. The fraction of sp³-hybridized carbons (Fsp3) is 0.333. The first-order valence-corrected chi connectivity index (χ1v) is 9.60. The summed E-state index contributed by atoms with van der Waals surface area (Å²) < 4.78 is 1.51. The van der Waals surface area contributed by atoms with Gasteiger partial charge in [0, 0.05) is 30.6 Å². The highest BCUT2D eigenvalue weighted by Gasteiger charge is 2.31. The van der Waals surface area contributed by atoms with Gasteiger partial charge in [-0.1, -0.05) is 11.8 Å². The van der Waals surface area contributed by atoms with E-state index in [4.69, 9.17) is 0 Å². The van der Waals surface area contributed by atoms with Crippen LogP contribution in [0.2, 0.25) is 0 Å². The first-order chi connectivity index (χ1) is 12.9. The van der Waals surface area contributed by atoms with Gasteiger partial charge in [0.05, 0.1) is 17.9 Å². The fourth-order valence-corrected chi connectivity index (χ4v) is 3.74. The fourth-order valence-electron chi connectivity index (χ4n) is 3.16. The molecule has 0 radical (unpaired) electrons. The van der Waals surface area contributed by atoms with Crippen molar-refractivity contribution in [3.63, 3.8) is 0 Å². The zero-order valence-electron chi connectivity index (χ0n) is 15.2. The minimum Gasteiger partial charge on any atom is -0.465 e. The lowest BCUT2D eigenvalue weighted by Crippen LogP contribution is -2.45. The molecule has 2 amide bonds. The van der Waals surface area contributed by atoms with Crippen molar-refractivity contribution in [1.82, 2.24) is 19.8 Å². The van der Waals surface area contributed by atoms with Crippen molar-refractivity contribution in [3.05, 3.63) is 51.4 Å². The second-order valence-electron chi connectivity index (χ2n) is 6.25. The van der Waals surface area contributed by atoms with Crippen LogP contribution in [0.5, 0.6) is 0 Å².